The number of piperidine rings is 1. The van der Waals surface area contributed by atoms with Crippen molar-refractivity contribution in [2.45, 2.75) is 31.8 Å². The maximum Gasteiger partial charge on any atom is 0.265 e. The number of benzene rings is 2. The van der Waals surface area contributed by atoms with Crippen LogP contribution in [0.3, 0.4) is 0 Å². The Bertz CT molecular complexity index is 1290. The van der Waals surface area contributed by atoms with Crippen LogP contribution in [0.4, 0.5) is 5.69 Å². The van der Waals surface area contributed by atoms with Crippen molar-refractivity contribution in [3.63, 3.8) is 0 Å². The highest BCUT2D eigenvalue weighted by atomic mass is 35.5. The average molecular weight is 494 g/mol. The number of anilines is 1. The topological polar surface area (TPSA) is 69.7 Å². The summed E-state index contributed by atoms with van der Waals surface area (Å²) in [6, 6.07) is 16.8. The molecular weight excluding hydrogens is 470 g/mol. The van der Waals surface area contributed by atoms with Gasteiger partial charge in [-0.2, -0.15) is 0 Å². The number of carbonyl (C=O) groups excluding carboxylic acids is 3. The van der Waals surface area contributed by atoms with E-state index in [0.717, 1.165) is 36.1 Å². The highest BCUT2D eigenvalue weighted by Gasteiger charge is 2.31. The molecule has 3 amide bonds. The second kappa shape index (κ2) is 9.24. The molecule has 6 nitrogen and oxygen atoms in total. The first kappa shape index (κ1) is 22.6. The smallest absolute Gasteiger partial charge is 0.265 e. The van der Waals surface area contributed by atoms with Crippen LogP contribution in [0.5, 0.6) is 0 Å². The second-order valence-electron chi connectivity index (χ2n) is 8.76. The van der Waals surface area contributed by atoms with E-state index < -0.39 is 0 Å². The van der Waals surface area contributed by atoms with Gasteiger partial charge >= 0.3 is 0 Å². The van der Waals surface area contributed by atoms with Crippen molar-refractivity contribution in [3.05, 3.63) is 86.1 Å². The quantitative estimate of drug-likeness (QED) is 0.534. The average Bonchev–Trinajstić information content (AvgIpc) is 3.40. The van der Waals surface area contributed by atoms with Gasteiger partial charge < -0.3 is 15.1 Å². The van der Waals surface area contributed by atoms with Crippen molar-refractivity contribution in [3.8, 4) is 0 Å². The van der Waals surface area contributed by atoms with Crippen molar-refractivity contribution in [2.75, 3.05) is 18.9 Å². The van der Waals surface area contributed by atoms with Crippen molar-refractivity contribution >= 4 is 46.3 Å². The van der Waals surface area contributed by atoms with Crippen LogP contribution in [0.25, 0.3) is 0 Å². The molecule has 5 rings (SSSR count). The van der Waals surface area contributed by atoms with Gasteiger partial charge in [-0.15, -0.1) is 11.3 Å². The van der Waals surface area contributed by atoms with Crippen molar-refractivity contribution in [1.82, 2.24) is 9.80 Å². The van der Waals surface area contributed by atoms with Gasteiger partial charge in [0.25, 0.3) is 11.8 Å². The summed E-state index contributed by atoms with van der Waals surface area (Å²) in [4.78, 5) is 42.6. The third-order valence-corrected chi connectivity index (χ3v) is 7.68. The summed E-state index contributed by atoms with van der Waals surface area (Å²) in [6.07, 6.45) is 1.84. The molecule has 2 aliphatic heterocycles. The molecule has 1 N–H and O–H groups in total. The van der Waals surface area contributed by atoms with Gasteiger partial charge in [0.15, 0.2) is 0 Å². The molecule has 0 bridgehead atoms. The molecule has 0 spiro atoms. The molecular formula is C26H24ClN3O3S. The lowest BCUT2D eigenvalue weighted by Crippen LogP contribution is -2.37. The number of likely N-dealkylation sites (N-methyl/N-ethyl adjacent to an activating group) is 1. The molecule has 1 unspecified atom stereocenters. The molecule has 0 radical (unpaired) electrons. The van der Waals surface area contributed by atoms with Gasteiger partial charge in [0, 0.05) is 26.7 Å². The van der Waals surface area contributed by atoms with Gasteiger partial charge in [0.2, 0.25) is 5.91 Å². The molecule has 1 fully saturated rings. The number of likely N-dealkylation sites (tertiary alicyclic amines) is 1. The fourth-order valence-corrected chi connectivity index (χ4v) is 5.68. The molecule has 2 aromatic carbocycles. The van der Waals surface area contributed by atoms with Crippen molar-refractivity contribution in [2.24, 2.45) is 0 Å². The Morgan fingerprint density at radius 1 is 1.15 bits per heavy atom. The Balaban J connectivity index is 1.33. The number of hydrogen-bond acceptors (Lipinski definition) is 4. The number of rotatable bonds is 5. The van der Waals surface area contributed by atoms with Crippen LogP contribution in [0.1, 0.15) is 55.5 Å². The van der Waals surface area contributed by atoms with Crippen LogP contribution in [0.2, 0.25) is 4.34 Å². The lowest BCUT2D eigenvalue weighted by atomic mass is 9.89. The minimum Gasteiger partial charge on any atom is -0.345 e. The van der Waals surface area contributed by atoms with Crippen molar-refractivity contribution in [1.29, 1.82) is 0 Å². The van der Waals surface area contributed by atoms with E-state index in [1.54, 1.807) is 28.0 Å². The molecule has 34 heavy (non-hydrogen) atoms. The first-order chi connectivity index (χ1) is 16.4. The molecule has 8 heteroatoms. The maximum atomic E-state index is 13.3. The zero-order chi connectivity index (χ0) is 23.8. The number of nitrogens with zero attached hydrogens (tertiary/aromatic N) is 2. The Morgan fingerprint density at radius 2 is 1.97 bits per heavy atom. The van der Waals surface area contributed by atoms with E-state index in [-0.39, 0.29) is 23.6 Å². The van der Waals surface area contributed by atoms with E-state index >= 15 is 0 Å². The fraction of sp³-hybridized carbons (Fsp3) is 0.269. The standard InChI is InChI=1S/C26H24ClN3O3S/c1-29-12-4-8-19(25(29)32)17-6-2-5-16(13-17)14-30-15-18-7-3-9-20(23(18)26(30)33)28-24(31)21-10-11-22(27)34-21/h2-3,5-7,9-11,13,19H,4,8,12,14-15H2,1H3,(H,28,31). The highest BCUT2D eigenvalue weighted by Crippen LogP contribution is 2.33. The third kappa shape index (κ3) is 4.33. The van der Waals surface area contributed by atoms with Crippen molar-refractivity contribution < 1.29 is 14.4 Å². The fourth-order valence-electron chi connectivity index (χ4n) is 4.74. The van der Waals surface area contributed by atoms with E-state index in [4.69, 9.17) is 11.6 Å². The summed E-state index contributed by atoms with van der Waals surface area (Å²) in [7, 11) is 1.85. The Hall–Kier alpha value is -3.16. The second-order valence-corrected chi connectivity index (χ2v) is 10.5. The highest BCUT2D eigenvalue weighted by molar-refractivity contribution is 7.18. The summed E-state index contributed by atoms with van der Waals surface area (Å²) in [6.45, 7) is 1.71. The van der Waals surface area contributed by atoms with E-state index in [1.807, 2.05) is 43.4 Å². The lowest BCUT2D eigenvalue weighted by Gasteiger charge is -2.29. The number of fused-ring (bicyclic) bond motifs is 1. The van der Waals surface area contributed by atoms with E-state index in [2.05, 4.69) is 5.32 Å². The summed E-state index contributed by atoms with van der Waals surface area (Å²) in [5.74, 6) is -0.376. The normalized spacial score (nSPS) is 17.8. The largest absolute Gasteiger partial charge is 0.345 e. The zero-order valence-corrected chi connectivity index (χ0v) is 20.3. The molecule has 1 saturated heterocycles. The number of carbonyl (C=O) groups is 3. The van der Waals surface area contributed by atoms with E-state index in [9.17, 15) is 14.4 Å². The van der Waals surface area contributed by atoms with Gasteiger partial charge in [0.1, 0.15) is 0 Å². The minimum atomic E-state index is -0.286. The van der Waals surface area contributed by atoms with Crippen LogP contribution in [0.15, 0.2) is 54.6 Å². The molecule has 3 heterocycles. The molecule has 1 atom stereocenters. The van der Waals surface area contributed by atoms with E-state index in [1.165, 1.54) is 11.3 Å². The Kier molecular flexibility index (Phi) is 6.15. The summed E-state index contributed by atoms with van der Waals surface area (Å²) in [5, 5.41) is 2.87. The SMILES string of the molecule is CN1CCCC(c2cccc(CN3Cc4cccc(NC(=O)c5ccc(Cl)s5)c4C3=O)c2)C1=O. The number of amides is 3. The summed E-state index contributed by atoms with van der Waals surface area (Å²) < 4.78 is 0.537. The monoisotopic (exact) mass is 493 g/mol. The van der Waals surface area contributed by atoms with Gasteiger partial charge in [-0.1, -0.05) is 48.0 Å². The van der Waals surface area contributed by atoms with Crippen LogP contribution in [0, 0.1) is 0 Å². The number of nitrogens with one attached hydrogen (secondary N) is 1. The molecule has 3 aromatic rings. The van der Waals surface area contributed by atoms with Crippen LogP contribution in [-0.2, 0) is 17.9 Å². The Labute approximate surface area is 207 Å². The minimum absolute atomic E-state index is 0.117. The lowest BCUT2D eigenvalue weighted by molar-refractivity contribution is -0.133. The van der Waals surface area contributed by atoms with E-state index in [0.29, 0.717) is 33.6 Å². The molecule has 0 aliphatic carbocycles. The number of hydrogen-bond donors (Lipinski definition) is 1. The van der Waals surface area contributed by atoms with Gasteiger partial charge in [-0.3, -0.25) is 14.4 Å². The molecule has 1 aromatic heterocycles. The molecule has 174 valence electrons. The molecule has 0 saturated carbocycles. The third-order valence-electron chi connectivity index (χ3n) is 6.45. The maximum absolute atomic E-state index is 13.3. The number of thiophene rings is 1. The van der Waals surface area contributed by atoms with Gasteiger partial charge in [0.05, 0.1) is 26.4 Å². The van der Waals surface area contributed by atoms with Crippen LogP contribution in [-0.4, -0.2) is 41.1 Å². The summed E-state index contributed by atoms with van der Waals surface area (Å²) >= 11 is 7.15. The summed E-state index contributed by atoms with van der Waals surface area (Å²) in [5.41, 5.74) is 3.90. The Morgan fingerprint density at radius 3 is 2.76 bits per heavy atom. The predicted octanol–water partition coefficient (Wildman–Crippen LogP) is 5.15. The van der Waals surface area contributed by atoms with Crippen LogP contribution < -0.4 is 5.32 Å². The first-order valence-corrected chi connectivity index (χ1v) is 12.4. The van der Waals surface area contributed by atoms with Crippen LogP contribution >= 0.6 is 22.9 Å². The number of halogens is 1. The predicted molar refractivity (Wildman–Crippen MR) is 133 cm³/mol. The zero-order valence-electron chi connectivity index (χ0n) is 18.7. The van der Waals surface area contributed by atoms with Gasteiger partial charge in [-0.05, 0) is 47.7 Å². The first-order valence-electron chi connectivity index (χ1n) is 11.2. The molecule has 2 aliphatic rings. The van der Waals surface area contributed by atoms with Gasteiger partial charge in [-0.25, -0.2) is 0 Å².